The minimum atomic E-state index is -0.862. The molecule has 0 aromatic carbocycles. The van der Waals surface area contributed by atoms with Crippen LogP contribution in [-0.2, 0) is 23.8 Å². The van der Waals surface area contributed by atoms with Crippen LogP contribution in [0.4, 0.5) is 0 Å². The first-order valence-electron chi connectivity index (χ1n) is 9.03. The molecule has 1 atom stereocenters. The molecule has 0 bridgehead atoms. The molecule has 0 radical (unpaired) electrons. The minimum Gasteiger partial charge on any atom is -0.465 e. The highest BCUT2D eigenvalue weighted by Crippen LogP contribution is 2.25. The maximum Gasteiger partial charge on any atom is 0.305 e. The van der Waals surface area contributed by atoms with Gasteiger partial charge in [-0.05, 0) is 25.7 Å². The third kappa shape index (κ3) is 9.88. The number of carbonyl (C=O) groups is 2. The van der Waals surface area contributed by atoms with E-state index < -0.39 is 11.7 Å². The standard InChI is InChI=1S/C18H34O6/c1-5-9-15(19)22-12-18(8-4,13-23-16(20)10-6-2)14-24-17(21)11-7-3/h15,19H,5-14H2,1-4H3. The van der Waals surface area contributed by atoms with Gasteiger partial charge in [0.25, 0.3) is 0 Å². The fraction of sp³-hybridized carbons (Fsp3) is 0.889. The molecule has 6 nitrogen and oxygen atoms in total. The lowest BCUT2D eigenvalue weighted by Gasteiger charge is -2.32. The average molecular weight is 346 g/mol. The molecule has 0 spiro atoms. The second kappa shape index (κ2) is 13.2. The Morgan fingerprint density at radius 1 is 0.875 bits per heavy atom. The van der Waals surface area contributed by atoms with Crippen molar-refractivity contribution in [2.24, 2.45) is 5.41 Å². The van der Waals surface area contributed by atoms with E-state index in [1.54, 1.807) is 0 Å². The van der Waals surface area contributed by atoms with Gasteiger partial charge in [0.15, 0.2) is 6.29 Å². The van der Waals surface area contributed by atoms with E-state index in [-0.39, 0.29) is 31.8 Å². The van der Waals surface area contributed by atoms with E-state index in [1.165, 1.54) is 0 Å². The Kier molecular flexibility index (Phi) is 12.6. The number of ether oxygens (including phenoxy) is 3. The Balaban J connectivity index is 4.78. The number of rotatable bonds is 14. The van der Waals surface area contributed by atoms with Gasteiger partial charge in [-0.25, -0.2) is 0 Å². The zero-order valence-corrected chi connectivity index (χ0v) is 15.6. The summed E-state index contributed by atoms with van der Waals surface area (Å²) in [7, 11) is 0. The summed E-state index contributed by atoms with van der Waals surface area (Å²) in [6.45, 7) is 8.09. The monoisotopic (exact) mass is 346 g/mol. The van der Waals surface area contributed by atoms with Crippen molar-refractivity contribution in [3.05, 3.63) is 0 Å². The maximum absolute atomic E-state index is 11.7. The zero-order chi connectivity index (χ0) is 18.4. The van der Waals surface area contributed by atoms with Gasteiger partial charge in [0.1, 0.15) is 13.2 Å². The van der Waals surface area contributed by atoms with Crippen molar-refractivity contribution >= 4 is 11.9 Å². The smallest absolute Gasteiger partial charge is 0.305 e. The highest BCUT2D eigenvalue weighted by Gasteiger charge is 2.33. The molecule has 0 amide bonds. The van der Waals surface area contributed by atoms with Crippen molar-refractivity contribution in [1.82, 2.24) is 0 Å². The van der Waals surface area contributed by atoms with E-state index in [2.05, 4.69) is 0 Å². The number of hydrogen-bond donors (Lipinski definition) is 1. The van der Waals surface area contributed by atoms with Crippen LogP contribution >= 0.6 is 0 Å². The predicted octanol–water partition coefficient (Wildman–Crippen LogP) is 3.20. The van der Waals surface area contributed by atoms with Gasteiger partial charge in [0.05, 0.1) is 12.0 Å². The van der Waals surface area contributed by atoms with Crippen LogP contribution in [0, 0.1) is 5.41 Å². The second-order valence-corrected chi connectivity index (χ2v) is 6.23. The summed E-state index contributed by atoms with van der Waals surface area (Å²) in [5.74, 6) is -0.548. The zero-order valence-electron chi connectivity index (χ0n) is 15.6. The van der Waals surface area contributed by atoms with Gasteiger partial charge in [-0.15, -0.1) is 0 Å². The fourth-order valence-corrected chi connectivity index (χ4v) is 2.05. The third-order valence-corrected chi connectivity index (χ3v) is 3.85. The Labute approximate surface area is 145 Å². The van der Waals surface area contributed by atoms with Crippen LogP contribution in [0.2, 0.25) is 0 Å². The summed E-state index contributed by atoms with van der Waals surface area (Å²) in [4.78, 5) is 23.3. The second-order valence-electron chi connectivity index (χ2n) is 6.23. The number of esters is 2. The Hall–Kier alpha value is -1.14. The Morgan fingerprint density at radius 3 is 1.75 bits per heavy atom. The van der Waals surface area contributed by atoms with Crippen LogP contribution in [0.3, 0.4) is 0 Å². The van der Waals surface area contributed by atoms with Crippen molar-refractivity contribution in [1.29, 1.82) is 0 Å². The summed E-state index contributed by atoms with van der Waals surface area (Å²) in [6, 6.07) is 0. The van der Waals surface area contributed by atoms with Gasteiger partial charge in [-0.2, -0.15) is 0 Å². The molecular formula is C18H34O6. The summed E-state index contributed by atoms with van der Waals surface area (Å²) in [6.07, 6.45) is 3.22. The quantitative estimate of drug-likeness (QED) is 0.384. The van der Waals surface area contributed by atoms with E-state index in [0.29, 0.717) is 25.7 Å². The van der Waals surface area contributed by atoms with Gasteiger partial charge < -0.3 is 19.3 Å². The number of hydrogen-bond acceptors (Lipinski definition) is 6. The van der Waals surface area contributed by atoms with Crippen LogP contribution in [0.1, 0.15) is 72.6 Å². The molecule has 0 aliphatic heterocycles. The highest BCUT2D eigenvalue weighted by atomic mass is 16.6. The lowest BCUT2D eigenvalue weighted by atomic mass is 9.88. The van der Waals surface area contributed by atoms with Crippen LogP contribution in [0.15, 0.2) is 0 Å². The molecule has 1 N–H and O–H groups in total. The first-order chi connectivity index (χ1) is 11.4. The lowest BCUT2D eigenvalue weighted by molar-refractivity contribution is -0.170. The number of aliphatic hydroxyl groups is 1. The van der Waals surface area contributed by atoms with E-state index in [0.717, 1.165) is 19.3 Å². The molecule has 0 rings (SSSR count). The molecule has 0 aromatic heterocycles. The molecule has 0 heterocycles. The molecule has 0 aliphatic rings. The van der Waals surface area contributed by atoms with Crippen molar-refractivity contribution in [2.45, 2.75) is 78.9 Å². The topological polar surface area (TPSA) is 82.1 Å². The van der Waals surface area contributed by atoms with Crippen LogP contribution in [-0.4, -0.2) is 43.2 Å². The predicted molar refractivity (Wildman–Crippen MR) is 91.3 cm³/mol. The van der Waals surface area contributed by atoms with Gasteiger partial charge in [-0.1, -0.05) is 34.1 Å². The van der Waals surface area contributed by atoms with Crippen LogP contribution in [0.5, 0.6) is 0 Å². The normalized spacial score (nSPS) is 12.7. The minimum absolute atomic E-state index is 0.112. The molecule has 6 heteroatoms. The molecule has 0 aromatic rings. The van der Waals surface area contributed by atoms with Gasteiger partial charge in [0.2, 0.25) is 0 Å². The molecule has 0 aliphatic carbocycles. The van der Waals surface area contributed by atoms with Gasteiger partial charge in [0, 0.05) is 12.8 Å². The van der Waals surface area contributed by atoms with Crippen molar-refractivity contribution < 1.29 is 28.9 Å². The van der Waals surface area contributed by atoms with Crippen LogP contribution in [0.25, 0.3) is 0 Å². The third-order valence-electron chi connectivity index (χ3n) is 3.85. The molecule has 24 heavy (non-hydrogen) atoms. The summed E-state index contributed by atoms with van der Waals surface area (Å²) < 4.78 is 16.2. The van der Waals surface area contributed by atoms with E-state index >= 15 is 0 Å². The van der Waals surface area contributed by atoms with Crippen molar-refractivity contribution in [3.63, 3.8) is 0 Å². The molecule has 0 saturated carbocycles. The lowest BCUT2D eigenvalue weighted by Crippen LogP contribution is -2.39. The summed E-state index contributed by atoms with van der Waals surface area (Å²) >= 11 is 0. The number of aliphatic hydroxyl groups excluding tert-OH is 1. The molecule has 0 saturated heterocycles. The number of carbonyl (C=O) groups excluding carboxylic acids is 2. The first kappa shape index (κ1) is 22.9. The maximum atomic E-state index is 11.7. The first-order valence-corrected chi connectivity index (χ1v) is 9.03. The SMILES string of the molecule is CCCC(=O)OCC(CC)(COC(=O)CCC)COC(O)CCC. The Morgan fingerprint density at radius 2 is 1.38 bits per heavy atom. The Bertz CT molecular complexity index is 333. The fourth-order valence-electron chi connectivity index (χ4n) is 2.05. The largest absolute Gasteiger partial charge is 0.465 e. The van der Waals surface area contributed by atoms with Gasteiger partial charge >= 0.3 is 11.9 Å². The molecule has 142 valence electrons. The molecule has 1 unspecified atom stereocenters. The average Bonchev–Trinajstić information content (AvgIpc) is 2.55. The summed E-state index contributed by atoms with van der Waals surface area (Å²) in [5.41, 5.74) is -0.637. The van der Waals surface area contributed by atoms with E-state index in [1.807, 2.05) is 27.7 Å². The molecule has 0 fully saturated rings. The van der Waals surface area contributed by atoms with E-state index in [9.17, 15) is 14.7 Å². The van der Waals surface area contributed by atoms with Crippen LogP contribution < -0.4 is 0 Å². The van der Waals surface area contributed by atoms with E-state index in [4.69, 9.17) is 14.2 Å². The summed E-state index contributed by atoms with van der Waals surface area (Å²) in [5, 5.41) is 9.79. The van der Waals surface area contributed by atoms with Crippen molar-refractivity contribution in [2.75, 3.05) is 19.8 Å². The van der Waals surface area contributed by atoms with Crippen molar-refractivity contribution in [3.8, 4) is 0 Å². The van der Waals surface area contributed by atoms with Gasteiger partial charge in [-0.3, -0.25) is 9.59 Å². The highest BCUT2D eigenvalue weighted by molar-refractivity contribution is 5.69. The molecular weight excluding hydrogens is 312 g/mol.